The first-order valence-corrected chi connectivity index (χ1v) is 7.24. The van der Waals surface area contributed by atoms with E-state index in [1.54, 1.807) is 12.1 Å². The number of hydrogen-bond acceptors (Lipinski definition) is 2. The van der Waals surface area contributed by atoms with Gasteiger partial charge in [-0.3, -0.25) is 0 Å². The Balaban J connectivity index is 2.27. The summed E-state index contributed by atoms with van der Waals surface area (Å²) in [5.74, 6) is 0.934. The molecule has 0 amide bonds. The van der Waals surface area contributed by atoms with Gasteiger partial charge in [0.15, 0.2) is 0 Å². The lowest BCUT2D eigenvalue weighted by atomic mass is 10.1. The molecule has 1 atom stereocenters. The number of rotatable bonds is 9. The van der Waals surface area contributed by atoms with E-state index in [0.717, 1.165) is 30.9 Å². The fraction of sp³-hybridized carbons (Fsp3) is 0.625. The van der Waals surface area contributed by atoms with E-state index in [0.29, 0.717) is 6.04 Å². The van der Waals surface area contributed by atoms with Gasteiger partial charge in [0.2, 0.25) is 0 Å². The van der Waals surface area contributed by atoms with Crippen molar-refractivity contribution in [2.24, 2.45) is 5.92 Å². The molecule has 0 spiro atoms. The molecule has 0 aliphatic heterocycles. The van der Waals surface area contributed by atoms with Gasteiger partial charge in [0, 0.05) is 6.04 Å². The Kier molecular flexibility index (Phi) is 7.52. The Hall–Kier alpha value is -1.16. The first kappa shape index (κ1) is 16.9. The van der Waals surface area contributed by atoms with Gasteiger partial charge in [-0.05, 0) is 56.3 Å². The first-order chi connectivity index (χ1) is 9.47. The van der Waals surface area contributed by atoms with E-state index in [2.05, 4.69) is 30.8 Å². The number of aryl methyl sites for hydroxylation is 1. The molecule has 0 saturated carbocycles. The lowest BCUT2D eigenvalue weighted by Gasteiger charge is -2.15. The Labute approximate surface area is 120 Å². The number of alkyl halides is 2. The number of halogens is 2. The van der Waals surface area contributed by atoms with E-state index >= 15 is 0 Å². The topological polar surface area (TPSA) is 21.3 Å². The van der Waals surface area contributed by atoms with Crippen molar-refractivity contribution in [3.8, 4) is 5.75 Å². The molecule has 0 heterocycles. The summed E-state index contributed by atoms with van der Waals surface area (Å²) in [6.45, 7) is 4.89. The second kappa shape index (κ2) is 8.90. The van der Waals surface area contributed by atoms with E-state index in [1.165, 1.54) is 6.42 Å². The van der Waals surface area contributed by atoms with Crippen LogP contribution in [0.25, 0.3) is 0 Å². The summed E-state index contributed by atoms with van der Waals surface area (Å²) in [6, 6.07) is 7.35. The summed E-state index contributed by atoms with van der Waals surface area (Å²) in [6.07, 6.45) is 3.15. The maximum atomic E-state index is 12.0. The SMILES string of the molecule is CC(C)CCNC(C)CCc1ccc(OC(F)F)cc1. The van der Waals surface area contributed by atoms with Gasteiger partial charge in [0.1, 0.15) is 5.75 Å². The van der Waals surface area contributed by atoms with Crippen LogP contribution in [0.4, 0.5) is 8.78 Å². The molecule has 0 fully saturated rings. The van der Waals surface area contributed by atoms with Crippen molar-refractivity contribution < 1.29 is 13.5 Å². The second-order valence-corrected chi connectivity index (χ2v) is 5.60. The third-order valence-electron chi connectivity index (χ3n) is 3.23. The zero-order valence-electron chi connectivity index (χ0n) is 12.5. The fourth-order valence-electron chi connectivity index (χ4n) is 1.94. The predicted octanol–water partition coefficient (Wildman–Crippen LogP) is 4.24. The molecule has 1 unspecified atom stereocenters. The molecule has 20 heavy (non-hydrogen) atoms. The molecule has 0 aliphatic carbocycles. The van der Waals surface area contributed by atoms with E-state index in [1.807, 2.05) is 12.1 Å². The quantitative estimate of drug-likeness (QED) is 0.732. The molecule has 0 aromatic heterocycles. The number of ether oxygens (including phenoxy) is 1. The monoisotopic (exact) mass is 285 g/mol. The van der Waals surface area contributed by atoms with E-state index < -0.39 is 6.61 Å². The van der Waals surface area contributed by atoms with E-state index in [4.69, 9.17) is 0 Å². The summed E-state index contributed by atoms with van der Waals surface area (Å²) in [7, 11) is 0. The molecule has 2 nitrogen and oxygen atoms in total. The number of benzene rings is 1. The first-order valence-electron chi connectivity index (χ1n) is 7.24. The normalized spacial score (nSPS) is 12.9. The maximum absolute atomic E-state index is 12.0. The van der Waals surface area contributed by atoms with Crippen molar-refractivity contribution in [2.75, 3.05) is 6.54 Å². The van der Waals surface area contributed by atoms with Gasteiger partial charge in [-0.25, -0.2) is 0 Å². The zero-order valence-corrected chi connectivity index (χ0v) is 12.5. The number of nitrogens with one attached hydrogen (secondary N) is 1. The molecule has 0 aliphatic rings. The van der Waals surface area contributed by atoms with Crippen LogP contribution in [0.2, 0.25) is 0 Å². The molecule has 1 aromatic carbocycles. The lowest BCUT2D eigenvalue weighted by Crippen LogP contribution is -2.28. The summed E-state index contributed by atoms with van der Waals surface area (Å²) >= 11 is 0. The van der Waals surface area contributed by atoms with Gasteiger partial charge in [0.05, 0.1) is 0 Å². The third kappa shape index (κ3) is 7.43. The van der Waals surface area contributed by atoms with Crippen molar-refractivity contribution in [3.05, 3.63) is 29.8 Å². The van der Waals surface area contributed by atoms with Crippen LogP contribution in [0.15, 0.2) is 24.3 Å². The van der Waals surface area contributed by atoms with Gasteiger partial charge in [-0.15, -0.1) is 0 Å². The maximum Gasteiger partial charge on any atom is 0.387 e. The highest BCUT2D eigenvalue weighted by molar-refractivity contribution is 5.27. The van der Waals surface area contributed by atoms with Crippen LogP contribution in [-0.4, -0.2) is 19.2 Å². The van der Waals surface area contributed by atoms with Gasteiger partial charge in [0.25, 0.3) is 0 Å². The largest absolute Gasteiger partial charge is 0.435 e. The van der Waals surface area contributed by atoms with Gasteiger partial charge < -0.3 is 10.1 Å². The third-order valence-corrected chi connectivity index (χ3v) is 3.23. The smallest absolute Gasteiger partial charge is 0.387 e. The molecule has 114 valence electrons. The zero-order chi connectivity index (χ0) is 15.0. The number of hydrogen-bond donors (Lipinski definition) is 1. The van der Waals surface area contributed by atoms with Crippen molar-refractivity contribution in [3.63, 3.8) is 0 Å². The highest BCUT2D eigenvalue weighted by Crippen LogP contribution is 2.16. The van der Waals surface area contributed by atoms with Crippen molar-refractivity contribution in [1.82, 2.24) is 5.32 Å². The minimum atomic E-state index is -2.76. The standard InChI is InChI=1S/C16H25F2NO/c1-12(2)10-11-19-13(3)4-5-14-6-8-15(9-7-14)20-16(17)18/h6-9,12-13,16,19H,4-5,10-11H2,1-3H3. The van der Waals surface area contributed by atoms with Crippen LogP contribution in [0.5, 0.6) is 5.75 Å². The van der Waals surface area contributed by atoms with Crippen LogP contribution in [0.1, 0.15) is 39.2 Å². The Morgan fingerprint density at radius 1 is 1.05 bits per heavy atom. The molecular formula is C16H25F2NO. The summed E-state index contributed by atoms with van der Waals surface area (Å²) in [4.78, 5) is 0. The molecule has 0 saturated heterocycles. The summed E-state index contributed by atoms with van der Waals surface area (Å²) < 4.78 is 28.4. The second-order valence-electron chi connectivity index (χ2n) is 5.60. The fourth-order valence-corrected chi connectivity index (χ4v) is 1.94. The minimum Gasteiger partial charge on any atom is -0.435 e. The van der Waals surface area contributed by atoms with Crippen molar-refractivity contribution >= 4 is 0 Å². The molecule has 1 rings (SSSR count). The Morgan fingerprint density at radius 2 is 1.70 bits per heavy atom. The molecule has 0 radical (unpaired) electrons. The lowest BCUT2D eigenvalue weighted by molar-refractivity contribution is -0.0498. The average Bonchev–Trinajstić information content (AvgIpc) is 2.37. The highest BCUT2D eigenvalue weighted by Gasteiger charge is 2.05. The van der Waals surface area contributed by atoms with Gasteiger partial charge >= 0.3 is 6.61 Å². The van der Waals surface area contributed by atoms with Crippen LogP contribution in [-0.2, 0) is 6.42 Å². The molecule has 1 aromatic rings. The van der Waals surface area contributed by atoms with E-state index in [9.17, 15) is 8.78 Å². The van der Waals surface area contributed by atoms with Crippen molar-refractivity contribution in [1.29, 1.82) is 0 Å². The average molecular weight is 285 g/mol. The Bertz CT molecular complexity index is 365. The molecular weight excluding hydrogens is 260 g/mol. The van der Waals surface area contributed by atoms with Gasteiger partial charge in [-0.1, -0.05) is 26.0 Å². The van der Waals surface area contributed by atoms with Gasteiger partial charge in [-0.2, -0.15) is 8.78 Å². The molecule has 0 bridgehead atoms. The molecule has 1 N–H and O–H groups in total. The summed E-state index contributed by atoms with van der Waals surface area (Å²) in [5.41, 5.74) is 1.14. The summed E-state index contributed by atoms with van der Waals surface area (Å²) in [5, 5.41) is 3.50. The van der Waals surface area contributed by atoms with Crippen molar-refractivity contribution in [2.45, 2.75) is 52.7 Å². The Morgan fingerprint density at radius 3 is 2.25 bits per heavy atom. The minimum absolute atomic E-state index is 0.215. The highest BCUT2D eigenvalue weighted by atomic mass is 19.3. The molecule has 4 heteroatoms. The van der Waals surface area contributed by atoms with Crippen LogP contribution in [0.3, 0.4) is 0 Å². The van der Waals surface area contributed by atoms with Crippen LogP contribution < -0.4 is 10.1 Å². The van der Waals surface area contributed by atoms with Crippen LogP contribution >= 0.6 is 0 Å². The van der Waals surface area contributed by atoms with E-state index in [-0.39, 0.29) is 5.75 Å². The van der Waals surface area contributed by atoms with Crippen LogP contribution in [0, 0.1) is 5.92 Å². The predicted molar refractivity (Wildman–Crippen MR) is 78.3 cm³/mol.